The van der Waals surface area contributed by atoms with E-state index in [9.17, 15) is 26.7 Å². The molecule has 2 fully saturated rings. The van der Waals surface area contributed by atoms with Crippen LogP contribution in [-0.2, 0) is 11.0 Å². The second kappa shape index (κ2) is 10.9. The fraction of sp³-hybridized carbons (Fsp3) is 0.484. The Labute approximate surface area is 236 Å². The van der Waals surface area contributed by atoms with Crippen LogP contribution in [0.1, 0.15) is 68.0 Å². The van der Waals surface area contributed by atoms with Gasteiger partial charge in [0.05, 0.1) is 22.9 Å². The first-order chi connectivity index (χ1) is 19.2. The lowest BCUT2D eigenvalue weighted by Gasteiger charge is -2.35. The fourth-order valence-electron chi connectivity index (χ4n) is 6.25. The van der Waals surface area contributed by atoms with Gasteiger partial charge >= 0.3 is 6.18 Å². The third-order valence-electron chi connectivity index (χ3n) is 8.47. The van der Waals surface area contributed by atoms with E-state index in [0.717, 1.165) is 12.1 Å². The van der Waals surface area contributed by atoms with Gasteiger partial charge in [-0.1, -0.05) is 18.2 Å². The first-order valence-electron chi connectivity index (χ1n) is 14.0. The second-order valence-electron chi connectivity index (χ2n) is 12.2. The third-order valence-corrected chi connectivity index (χ3v) is 8.47. The number of alkyl halides is 3. The van der Waals surface area contributed by atoms with E-state index in [2.05, 4.69) is 10.00 Å². The number of nitrogens with zero attached hydrogens (tertiary/aromatic N) is 4. The van der Waals surface area contributed by atoms with Crippen LogP contribution >= 0.6 is 0 Å². The van der Waals surface area contributed by atoms with Crippen molar-refractivity contribution >= 4 is 5.91 Å². The zero-order valence-corrected chi connectivity index (χ0v) is 23.7. The van der Waals surface area contributed by atoms with Crippen molar-refractivity contribution in [3.63, 3.8) is 0 Å². The highest BCUT2D eigenvalue weighted by Crippen LogP contribution is 2.40. The van der Waals surface area contributed by atoms with E-state index in [-0.39, 0.29) is 23.1 Å². The molecule has 2 aliphatic heterocycles. The van der Waals surface area contributed by atoms with Crippen LogP contribution in [0, 0.1) is 24.5 Å². The number of aromatic nitrogens is 2. The van der Waals surface area contributed by atoms with Crippen molar-refractivity contribution in [3.05, 3.63) is 82.7 Å². The minimum atomic E-state index is -4.52. The monoisotopic (exact) mass is 574 g/mol. The number of hydrogen-bond donors (Lipinski definition) is 0. The minimum Gasteiger partial charge on any atom is -0.342 e. The first-order valence-corrected chi connectivity index (χ1v) is 14.0. The Hall–Kier alpha value is -3.27. The first kappa shape index (κ1) is 29.2. The maximum absolute atomic E-state index is 14.9. The number of para-hydroxylation sites is 1. The second-order valence-corrected chi connectivity index (χ2v) is 12.2. The molecule has 2 aliphatic rings. The summed E-state index contributed by atoms with van der Waals surface area (Å²) in [5.41, 5.74) is 0.652. The number of benzene rings is 2. The lowest BCUT2D eigenvalue weighted by molar-refractivity contribution is -0.138. The summed E-state index contributed by atoms with van der Waals surface area (Å²) in [4.78, 5) is 17.8. The van der Waals surface area contributed by atoms with Crippen molar-refractivity contribution in [2.75, 3.05) is 26.2 Å². The Bertz CT molecular complexity index is 1420. The van der Waals surface area contributed by atoms with Crippen molar-refractivity contribution in [2.24, 2.45) is 5.92 Å². The number of aryl methyl sites for hydroxylation is 1. The Morgan fingerprint density at radius 2 is 1.63 bits per heavy atom. The number of rotatable bonds is 4. The highest BCUT2D eigenvalue weighted by Gasteiger charge is 2.45. The van der Waals surface area contributed by atoms with Crippen LogP contribution in [0.2, 0.25) is 0 Å². The smallest absolute Gasteiger partial charge is 0.342 e. The van der Waals surface area contributed by atoms with Crippen molar-refractivity contribution in [1.29, 1.82) is 0 Å². The van der Waals surface area contributed by atoms with E-state index >= 15 is 0 Å². The van der Waals surface area contributed by atoms with Crippen molar-refractivity contribution in [2.45, 2.75) is 64.1 Å². The van der Waals surface area contributed by atoms with Crippen LogP contribution in [0.3, 0.4) is 0 Å². The quantitative estimate of drug-likeness (QED) is 0.326. The van der Waals surface area contributed by atoms with E-state index in [1.54, 1.807) is 17.9 Å². The summed E-state index contributed by atoms with van der Waals surface area (Å²) >= 11 is 0. The number of hydrogen-bond acceptors (Lipinski definition) is 3. The van der Waals surface area contributed by atoms with Crippen LogP contribution < -0.4 is 0 Å². The SMILES string of the molecule is Cc1cc(C2CCN(C(=O)[C@@H]3CN(C(C)(C)C)C[C@H]3c3ccc(F)cc3F)CC2)n(-c2ccccc2C(F)(F)F)n1. The molecule has 0 radical (unpaired) electrons. The van der Waals surface area contributed by atoms with Gasteiger partial charge in [0.1, 0.15) is 11.6 Å². The van der Waals surface area contributed by atoms with Crippen LogP contribution in [-0.4, -0.2) is 57.2 Å². The van der Waals surface area contributed by atoms with E-state index in [0.29, 0.717) is 56.0 Å². The van der Waals surface area contributed by atoms with Crippen LogP contribution in [0.4, 0.5) is 22.0 Å². The largest absolute Gasteiger partial charge is 0.418 e. The van der Waals surface area contributed by atoms with Gasteiger partial charge in [0.2, 0.25) is 5.91 Å². The molecule has 0 unspecified atom stereocenters. The van der Waals surface area contributed by atoms with Crippen molar-refractivity contribution in [3.8, 4) is 5.69 Å². The molecule has 1 aromatic heterocycles. The summed E-state index contributed by atoms with van der Waals surface area (Å²) in [6.07, 6.45) is -3.39. The molecule has 5 nitrogen and oxygen atoms in total. The molecule has 3 aromatic rings. The zero-order chi connectivity index (χ0) is 29.7. The Balaban J connectivity index is 1.36. The molecular weight excluding hydrogens is 539 g/mol. The Morgan fingerprint density at radius 3 is 2.27 bits per heavy atom. The van der Waals surface area contributed by atoms with Gasteiger partial charge in [-0.25, -0.2) is 13.5 Å². The van der Waals surface area contributed by atoms with Crippen molar-refractivity contribution < 1.29 is 26.7 Å². The van der Waals surface area contributed by atoms with Crippen LogP contribution in [0.15, 0.2) is 48.5 Å². The van der Waals surface area contributed by atoms with Gasteiger partial charge in [-0.05, 0) is 70.4 Å². The molecule has 1 amide bonds. The standard InChI is InChI=1S/C31H35F5N4O/c1-19-15-28(40(37-19)27-8-6-5-7-25(27)31(34,35)36)20-11-13-38(14-12-20)29(41)24-18-39(30(2,3)4)17-23(24)22-10-9-21(32)16-26(22)33/h5-10,15-16,20,23-24H,11-14,17-18H2,1-4H3/t23-,24+/m0/s1. The molecule has 10 heteroatoms. The molecule has 5 rings (SSSR count). The summed E-state index contributed by atoms with van der Waals surface area (Å²) < 4.78 is 71.2. The zero-order valence-electron chi connectivity index (χ0n) is 23.7. The number of piperidine rings is 1. The summed E-state index contributed by atoms with van der Waals surface area (Å²) in [7, 11) is 0. The van der Waals surface area contributed by atoms with E-state index in [1.807, 2.05) is 26.8 Å². The summed E-state index contributed by atoms with van der Waals surface area (Å²) in [6, 6.07) is 10.8. The maximum atomic E-state index is 14.9. The number of likely N-dealkylation sites (tertiary alicyclic amines) is 2. The number of carbonyl (C=O) groups excluding carboxylic acids is 1. The van der Waals surface area contributed by atoms with Gasteiger partial charge in [0.25, 0.3) is 0 Å². The Morgan fingerprint density at radius 1 is 0.951 bits per heavy atom. The molecule has 2 atom stereocenters. The molecule has 0 bridgehead atoms. The minimum absolute atomic E-state index is 0.0148. The Kier molecular flexibility index (Phi) is 7.74. The van der Waals surface area contributed by atoms with Gasteiger partial charge in [0, 0.05) is 55.3 Å². The number of carbonyl (C=O) groups is 1. The molecule has 0 aliphatic carbocycles. The summed E-state index contributed by atoms with van der Waals surface area (Å²) in [5.74, 6) is -2.36. The van der Waals surface area contributed by atoms with E-state index in [1.165, 1.54) is 28.9 Å². The van der Waals surface area contributed by atoms with E-state index < -0.39 is 35.2 Å². The van der Waals surface area contributed by atoms with Crippen LogP contribution in [0.5, 0.6) is 0 Å². The van der Waals surface area contributed by atoms with Gasteiger partial charge in [-0.3, -0.25) is 9.69 Å². The maximum Gasteiger partial charge on any atom is 0.418 e. The van der Waals surface area contributed by atoms with Gasteiger partial charge in [-0.15, -0.1) is 0 Å². The topological polar surface area (TPSA) is 41.4 Å². The average Bonchev–Trinajstić information content (AvgIpc) is 3.52. The highest BCUT2D eigenvalue weighted by molar-refractivity contribution is 5.81. The number of amides is 1. The van der Waals surface area contributed by atoms with Crippen LogP contribution in [0.25, 0.3) is 5.69 Å². The van der Waals surface area contributed by atoms with Gasteiger partial charge in [-0.2, -0.15) is 18.3 Å². The third kappa shape index (κ3) is 5.89. The molecule has 0 N–H and O–H groups in total. The molecule has 0 spiro atoms. The molecule has 0 saturated carbocycles. The van der Waals surface area contributed by atoms with Gasteiger partial charge in [0.15, 0.2) is 0 Å². The normalized spacial score (nSPS) is 21.0. The molecule has 41 heavy (non-hydrogen) atoms. The molecule has 2 saturated heterocycles. The highest BCUT2D eigenvalue weighted by atomic mass is 19.4. The molecule has 2 aromatic carbocycles. The number of halogens is 5. The predicted molar refractivity (Wildman–Crippen MR) is 146 cm³/mol. The lowest BCUT2D eigenvalue weighted by atomic mass is 9.86. The molecular formula is C31H35F5N4O. The molecule has 3 heterocycles. The average molecular weight is 575 g/mol. The van der Waals surface area contributed by atoms with Crippen molar-refractivity contribution in [1.82, 2.24) is 19.6 Å². The lowest BCUT2D eigenvalue weighted by Crippen LogP contribution is -2.44. The fourth-order valence-corrected chi connectivity index (χ4v) is 6.25. The summed E-state index contributed by atoms with van der Waals surface area (Å²) in [6.45, 7) is 9.70. The predicted octanol–water partition coefficient (Wildman–Crippen LogP) is 6.70. The summed E-state index contributed by atoms with van der Waals surface area (Å²) in [5, 5.41) is 4.41. The van der Waals surface area contributed by atoms with E-state index in [4.69, 9.17) is 0 Å². The molecule has 220 valence electrons. The van der Waals surface area contributed by atoms with Gasteiger partial charge < -0.3 is 4.90 Å².